The van der Waals surface area contributed by atoms with E-state index in [4.69, 9.17) is 14.3 Å². The largest absolute Gasteiger partial charge is 0.483 e. The zero-order valence-electron chi connectivity index (χ0n) is 25.0. The van der Waals surface area contributed by atoms with Crippen LogP contribution in [0.5, 0.6) is 0 Å². The lowest BCUT2D eigenvalue weighted by atomic mass is 9.77. The van der Waals surface area contributed by atoms with Crippen molar-refractivity contribution in [1.29, 1.82) is 0 Å². The number of fused-ring (bicyclic) bond motifs is 1. The number of anilines is 1. The summed E-state index contributed by atoms with van der Waals surface area (Å²) in [7, 11) is 1.74. The average Bonchev–Trinajstić information content (AvgIpc) is 3.49. The number of alkyl halides is 3. The monoisotopic (exact) mass is 634 g/mol. The number of hydrogen-bond acceptors (Lipinski definition) is 5. The Morgan fingerprint density at radius 3 is 2.25 bits per heavy atom. The molecule has 1 saturated carbocycles. The molecule has 1 aliphatic rings. The number of carboxylic acid groups (broad SMARTS) is 1. The predicted molar refractivity (Wildman–Crippen MR) is 169 cm³/mol. The maximum absolute atomic E-state index is 14.2. The maximum atomic E-state index is 14.2. The predicted octanol–water partition coefficient (Wildman–Crippen LogP) is 9.26. The number of hydrogen-bond donors (Lipinski definition) is 4. The van der Waals surface area contributed by atoms with Gasteiger partial charge in [0.2, 0.25) is 5.91 Å². The number of aryl methyl sites for hydroxylation is 1. The van der Waals surface area contributed by atoms with Crippen LogP contribution in [0.25, 0.3) is 22.1 Å². The van der Waals surface area contributed by atoms with E-state index in [9.17, 15) is 22.4 Å². The van der Waals surface area contributed by atoms with Gasteiger partial charge in [0.25, 0.3) is 6.47 Å². The first-order valence-corrected chi connectivity index (χ1v) is 14.6. The Balaban J connectivity index is 0.000000768. The fraction of sp³-hybridized carbons (Fsp3) is 0.333. The highest BCUT2D eigenvalue weighted by molar-refractivity contribution is 7.78. The zero-order chi connectivity index (χ0) is 32.9. The molecule has 0 spiro atoms. The van der Waals surface area contributed by atoms with Gasteiger partial charge in [-0.3, -0.25) is 14.3 Å². The third kappa shape index (κ3) is 9.85. The van der Waals surface area contributed by atoms with Crippen LogP contribution in [0.2, 0.25) is 0 Å². The number of rotatable bonds is 4. The van der Waals surface area contributed by atoms with Crippen LogP contribution in [0.15, 0.2) is 71.3 Å². The van der Waals surface area contributed by atoms with Crippen LogP contribution in [-0.4, -0.2) is 24.5 Å². The minimum atomic E-state index is -4.64. The van der Waals surface area contributed by atoms with E-state index in [1.807, 2.05) is 26.8 Å². The summed E-state index contributed by atoms with van der Waals surface area (Å²) in [5.74, 6) is -1.61. The van der Waals surface area contributed by atoms with Crippen molar-refractivity contribution >= 4 is 41.9 Å². The van der Waals surface area contributed by atoms with Gasteiger partial charge >= 0.3 is 6.18 Å². The fourth-order valence-corrected chi connectivity index (χ4v) is 5.13. The molecular formula is C33H38F4N2O4S. The Kier molecular flexibility index (Phi) is 14.4. The number of amides is 1. The molecule has 3 aromatic carbocycles. The van der Waals surface area contributed by atoms with Gasteiger partial charge in [-0.1, -0.05) is 57.3 Å². The van der Waals surface area contributed by atoms with Crippen molar-refractivity contribution in [2.45, 2.75) is 58.5 Å². The molecule has 1 aromatic heterocycles. The summed E-state index contributed by atoms with van der Waals surface area (Å²) >= 11 is 3.54. The van der Waals surface area contributed by atoms with Gasteiger partial charge in [-0.25, -0.2) is 4.39 Å². The van der Waals surface area contributed by atoms with E-state index in [1.165, 1.54) is 0 Å². The molecule has 238 valence electrons. The van der Waals surface area contributed by atoms with E-state index in [0.717, 1.165) is 58.2 Å². The molecule has 1 fully saturated rings. The molecule has 0 radical (unpaired) electrons. The number of carbonyl (C=O) groups is 2. The zero-order valence-corrected chi connectivity index (χ0v) is 25.9. The molecule has 2 unspecified atom stereocenters. The standard InChI is InChI=1S/C29H25F4NO2.C2H6.CH5NS.CH2O2/c1-17-13-23(15-21-11-12-36-27(17)21)19-7-5-18(6-8-19)20-3-2-4-22(14-20)28(35)34-26-10-9-24(16-25(26)30)29(31,32)33;1-2;1-2-3;2-1-3/h5-13,15-16,20,22H,2-4,14H2,1H3,(H,34,35);1-2H3;2-3H,1H3;1H,(H,2,3). The molecule has 4 aromatic rings. The van der Waals surface area contributed by atoms with E-state index < -0.39 is 17.6 Å². The van der Waals surface area contributed by atoms with Gasteiger partial charge in [-0.05, 0) is 97.8 Å². The van der Waals surface area contributed by atoms with Crippen molar-refractivity contribution < 1.29 is 36.7 Å². The second kappa shape index (κ2) is 17.5. The number of nitrogens with one attached hydrogen (secondary N) is 2. The van der Waals surface area contributed by atoms with Gasteiger partial charge in [0.1, 0.15) is 11.4 Å². The Morgan fingerprint density at radius 2 is 1.66 bits per heavy atom. The lowest BCUT2D eigenvalue weighted by molar-refractivity contribution is -0.137. The van der Waals surface area contributed by atoms with E-state index >= 15 is 0 Å². The molecule has 2 atom stereocenters. The van der Waals surface area contributed by atoms with Crippen LogP contribution in [-0.2, 0) is 15.8 Å². The summed E-state index contributed by atoms with van der Waals surface area (Å²) in [6.45, 7) is 5.77. The summed E-state index contributed by atoms with van der Waals surface area (Å²) in [5, 5.41) is 10.4. The number of benzene rings is 3. The van der Waals surface area contributed by atoms with Crippen LogP contribution < -0.4 is 10.0 Å². The molecule has 5 rings (SSSR count). The summed E-state index contributed by atoms with van der Waals surface area (Å²) in [5.41, 5.74) is 3.97. The number of thiol groups is 1. The number of furan rings is 1. The number of carbonyl (C=O) groups excluding carboxylic acids is 1. The van der Waals surface area contributed by atoms with Crippen molar-refractivity contribution in [2.24, 2.45) is 5.92 Å². The van der Waals surface area contributed by atoms with Crippen molar-refractivity contribution in [3.8, 4) is 11.1 Å². The molecular weight excluding hydrogens is 596 g/mol. The van der Waals surface area contributed by atoms with Gasteiger partial charge in [-0.2, -0.15) is 13.2 Å². The molecule has 1 aliphatic carbocycles. The maximum Gasteiger partial charge on any atom is 0.416 e. The van der Waals surface area contributed by atoms with Crippen LogP contribution in [0.4, 0.5) is 23.2 Å². The fourth-order valence-electron chi connectivity index (χ4n) is 5.13. The van der Waals surface area contributed by atoms with Crippen molar-refractivity contribution in [3.05, 3.63) is 89.4 Å². The Morgan fingerprint density at radius 1 is 1.02 bits per heavy atom. The summed E-state index contributed by atoms with van der Waals surface area (Å²) in [4.78, 5) is 21.2. The highest BCUT2D eigenvalue weighted by Gasteiger charge is 2.32. The van der Waals surface area contributed by atoms with E-state index in [-0.39, 0.29) is 29.9 Å². The Bertz CT molecular complexity index is 1490. The minimum Gasteiger partial charge on any atom is -0.483 e. The topological polar surface area (TPSA) is 91.6 Å². The van der Waals surface area contributed by atoms with Crippen molar-refractivity contribution in [1.82, 2.24) is 4.72 Å². The summed E-state index contributed by atoms with van der Waals surface area (Å²) < 4.78 is 60.5. The molecule has 0 aliphatic heterocycles. The van der Waals surface area contributed by atoms with Crippen molar-refractivity contribution in [2.75, 3.05) is 12.4 Å². The lowest BCUT2D eigenvalue weighted by Gasteiger charge is -2.29. The van der Waals surface area contributed by atoms with E-state index in [1.54, 1.807) is 13.3 Å². The van der Waals surface area contributed by atoms with Gasteiger partial charge in [0, 0.05) is 11.3 Å². The highest BCUT2D eigenvalue weighted by Crippen LogP contribution is 2.38. The molecule has 6 nitrogen and oxygen atoms in total. The van der Waals surface area contributed by atoms with E-state index in [2.05, 4.69) is 59.3 Å². The van der Waals surface area contributed by atoms with Gasteiger partial charge in [0.15, 0.2) is 0 Å². The normalized spacial score (nSPS) is 15.8. The SMILES string of the molecule is CC.CNS.Cc1cc(-c2ccc(C3CCCC(C(=O)Nc4ccc(C(F)(F)F)cc4F)C3)cc2)cc2ccoc12.O=CO. The molecule has 1 heterocycles. The molecule has 1 amide bonds. The first-order chi connectivity index (χ1) is 21.0. The second-order valence-electron chi connectivity index (χ2n) is 9.83. The molecule has 44 heavy (non-hydrogen) atoms. The number of halogens is 4. The first kappa shape index (κ1) is 36.4. The average molecular weight is 635 g/mol. The third-order valence-corrected chi connectivity index (χ3v) is 7.05. The smallest absolute Gasteiger partial charge is 0.416 e. The van der Waals surface area contributed by atoms with Gasteiger partial charge in [-0.15, -0.1) is 0 Å². The molecule has 11 heteroatoms. The highest BCUT2D eigenvalue weighted by atomic mass is 32.1. The van der Waals surface area contributed by atoms with Crippen LogP contribution in [0, 0.1) is 18.7 Å². The lowest BCUT2D eigenvalue weighted by Crippen LogP contribution is -2.28. The van der Waals surface area contributed by atoms with Crippen molar-refractivity contribution in [3.63, 3.8) is 0 Å². The minimum absolute atomic E-state index is 0.180. The summed E-state index contributed by atoms with van der Waals surface area (Å²) in [6.07, 6.45) is 0.0981. The Hall–Kier alpha value is -3.83. The van der Waals surface area contributed by atoms with Gasteiger partial charge < -0.3 is 14.8 Å². The molecule has 0 saturated heterocycles. The van der Waals surface area contributed by atoms with Crippen LogP contribution in [0.3, 0.4) is 0 Å². The van der Waals surface area contributed by atoms with Gasteiger partial charge in [0.05, 0.1) is 17.5 Å². The Labute approximate surface area is 260 Å². The summed E-state index contributed by atoms with van der Waals surface area (Å²) in [6, 6.07) is 16.6. The van der Waals surface area contributed by atoms with Crippen LogP contribution in [0.1, 0.15) is 62.1 Å². The quantitative estimate of drug-likeness (QED) is 0.102. The van der Waals surface area contributed by atoms with E-state index in [0.29, 0.717) is 18.9 Å². The van der Waals surface area contributed by atoms with Crippen LogP contribution >= 0.6 is 12.8 Å². The first-order valence-electron chi connectivity index (χ1n) is 14.2. The second-order valence-corrected chi connectivity index (χ2v) is 10.3. The third-order valence-electron chi connectivity index (χ3n) is 7.05. The molecule has 3 N–H and O–H groups in total. The molecule has 0 bridgehead atoms.